The predicted molar refractivity (Wildman–Crippen MR) is 57.8 cm³/mol. The van der Waals surface area contributed by atoms with E-state index in [-0.39, 0.29) is 6.04 Å². The highest BCUT2D eigenvalue weighted by Gasteiger charge is 2.18. The maximum absolute atomic E-state index is 5.98. The van der Waals surface area contributed by atoms with Gasteiger partial charge in [-0.15, -0.1) is 0 Å². The van der Waals surface area contributed by atoms with Gasteiger partial charge in [0.2, 0.25) is 0 Å². The summed E-state index contributed by atoms with van der Waals surface area (Å²) in [5.41, 5.74) is 8.26. The lowest BCUT2D eigenvalue weighted by Gasteiger charge is -2.24. The fraction of sp³-hybridized carbons (Fsp3) is 0.455. The summed E-state index contributed by atoms with van der Waals surface area (Å²) >= 11 is 0. The molecule has 2 N–H and O–H groups in total. The van der Waals surface area contributed by atoms with Crippen LogP contribution in [0, 0.1) is 0 Å². The van der Waals surface area contributed by atoms with Crippen molar-refractivity contribution in [1.82, 2.24) is 0 Å². The van der Waals surface area contributed by atoms with Gasteiger partial charge in [-0.3, -0.25) is 0 Å². The Labute approximate surface area is 84.5 Å². The molecule has 76 valence electrons. The van der Waals surface area contributed by atoms with Crippen LogP contribution in [0.4, 0.5) is 5.69 Å². The van der Waals surface area contributed by atoms with Crippen LogP contribution in [0.25, 0.3) is 0 Å². The van der Waals surface area contributed by atoms with Crippen LogP contribution < -0.4 is 15.4 Å². The smallest absolute Gasteiger partial charge is 0.126 e. The zero-order valence-electron chi connectivity index (χ0n) is 8.66. The van der Waals surface area contributed by atoms with Crippen molar-refractivity contribution in [2.75, 3.05) is 25.6 Å². The summed E-state index contributed by atoms with van der Waals surface area (Å²) in [4.78, 5) is 2.06. The van der Waals surface area contributed by atoms with E-state index in [0.717, 1.165) is 30.0 Å². The summed E-state index contributed by atoms with van der Waals surface area (Å²) in [5.74, 6) is 0.940. The van der Waals surface area contributed by atoms with Gasteiger partial charge in [0.1, 0.15) is 5.75 Å². The van der Waals surface area contributed by atoms with Crippen LogP contribution in [-0.2, 0) is 0 Å². The van der Waals surface area contributed by atoms with E-state index in [4.69, 9.17) is 10.5 Å². The largest absolute Gasteiger partial charge is 0.493 e. The van der Waals surface area contributed by atoms with Crippen LogP contribution in [0.3, 0.4) is 0 Å². The zero-order valence-corrected chi connectivity index (χ0v) is 8.66. The molecular weight excluding hydrogens is 176 g/mol. The van der Waals surface area contributed by atoms with Crippen molar-refractivity contribution < 1.29 is 4.74 Å². The molecule has 3 nitrogen and oxygen atoms in total. The lowest BCUT2D eigenvalue weighted by molar-refractivity contribution is 0.269. The first-order valence-electron chi connectivity index (χ1n) is 4.88. The quantitative estimate of drug-likeness (QED) is 0.733. The van der Waals surface area contributed by atoms with Gasteiger partial charge in [-0.1, -0.05) is 6.07 Å². The molecule has 0 saturated carbocycles. The Morgan fingerprint density at radius 3 is 2.93 bits per heavy atom. The van der Waals surface area contributed by atoms with E-state index in [9.17, 15) is 0 Å². The fourth-order valence-corrected chi connectivity index (χ4v) is 1.68. The Bertz CT molecular complexity index is 336. The minimum Gasteiger partial charge on any atom is -0.493 e. The first-order chi connectivity index (χ1) is 6.68. The maximum atomic E-state index is 5.98. The average molecular weight is 192 g/mol. The Kier molecular flexibility index (Phi) is 2.33. The summed E-state index contributed by atoms with van der Waals surface area (Å²) < 4.78 is 5.58. The molecule has 1 aromatic rings. The topological polar surface area (TPSA) is 38.5 Å². The third-order valence-corrected chi connectivity index (χ3v) is 2.60. The average Bonchev–Trinajstić information content (AvgIpc) is 2.17. The molecule has 0 aliphatic carbocycles. The van der Waals surface area contributed by atoms with E-state index >= 15 is 0 Å². The lowest BCUT2D eigenvalue weighted by atomic mass is 10.0. The molecule has 0 radical (unpaired) electrons. The van der Waals surface area contributed by atoms with Crippen LogP contribution in [0.15, 0.2) is 18.2 Å². The van der Waals surface area contributed by atoms with Crippen LogP contribution in [0.1, 0.15) is 18.0 Å². The second kappa shape index (κ2) is 3.50. The molecule has 2 rings (SSSR count). The molecule has 0 bridgehead atoms. The number of nitrogens with two attached hydrogens (primary N) is 1. The van der Waals surface area contributed by atoms with Crippen molar-refractivity contribution in [1.29, 1.82) is 0 Å². The number of benzene rings is 1. The molecule has 0 aromatic heterocycles. The van der Waals surface area contributed by atoms with Gasteiger partial charge >= 0.3 is 0 Å². The molecule has 0 amide bonds. The van der Waals surface area contributed by atoms with Gasteiger partial charge in [0.05, 0.1) is 6.61 Å². The highest BCUT2D eigenvalue weighted by molar-refractivity contribution is 5.54. The van der Waals surface area contributed by atoms with Crippen molar-refractivity contribution in [3.8, 4) is 5.75 Å². The van der Waals surface area contributed by atoms with E-state index in [1.54, 1.807) is 0 Å². The fourth-order valence-electron chi connectivity index (χ4n) is 1.68. The van der Waals surface area contributed by atoms with E-state index in [1.165, 1.54) is 0 Å². The Balaban J connectivity index is 2.39. The standard InChI is InChI=1S/C11H16N2O/c1-13(2)8-3-4-9-10(12)5-6-14-11(9)7-8/h3-4,7,10H,5-6,12H2,1-2H3/t10-/m1/s1. The number of hydrogen-bond donors (Lipinski definition) is 1. The summed E-state index contributed by atoms with van der Waals surface area (Å²) in [6.45, 7) is 0.727. The van der Waals surface area contributed by atoms with Crippen LogP contribution in [0.2, 0.25) is 0 Å². The highest BCUT2D eigenvalue weighted by Crippen LogP contribution is 2.33. The molecule has 1 aliphatic rings. The Morgan fingerprint density at radius 2 is 2.21 bits per heavy atom. The van der Waals surface area contributed by atoms with E-state index in [1.807, 2.05) is 20.2 Å². The van der Waals surface area contributed by atoms with Gasteiger partial charge in [0, 0.05) is 43.9 Å². The molecular formula is C11H16N2O. The van der Waals surface area contributed by atoms with Crippen molar-refractivity contribution in [3.05, 3.63) is 23.8 Å². The SMILES string of the molecule is CN(C)c1ccc2c(c1)OCC[C@H]2N. The molecule has 0 unspecified atom stereocenters. The van der Waals surface area contributed by atoms with E-state index < -0.39 is 0 Å². The number of rotatable bonds is 1. The number of hydrogen-bond acceptors (Lipinski definition) is 3. The first kappa shape index (κ1) is 9.34. The minimum absolute atomic E-state index is 0.134. The third kappa shape index (κ3) is 1.55. The molecule has 3 heteroatoms. The van der Waals surface area contributed by atoms with Gasteiger partial charge in [0.15, 0.2) is 0 Å². The molecule has 14 heavy (non-hydrogen) atoms. The maximum Gasteiger partial charge on any atom is 0.126 e. The molecule has 1 heterocycles. The van der Waals surface area contributed by atoms with Crippen LogP contribution in [0.5, 0.6) is 5.75 Å². The van der Waals surface area contributed by atoms with Crippen LogP contribution >= 0.6 is 0 Å². The van der Waals surface area contributed by atoms with Crippen molar-refractivity contribution in [2.45, 2.75) is 12.5 Å². The van der Waals surface area contributed by atoms with Crippen molar-refractivity contribution >= 4 is 5.69 Å². The van der Waals surface area contributed by atoms with Gasteiger partial charge < -0.3 is 15.4 Å². The Hall–Kier alpha value is -1.22. The van der Waals surface area contributed by atoms with Gasteiger partial charge in [0.25, 0.3) is 0 Å². The number of anilines is 1. The second-order valence-corrected chi connectivity index (χ2v) is 3.86. The minimum atomic E-state index is 0.134. The third-order valence-electron chi connectivity index (χ3n) is 2.60. The van der Waals surface area contributed by atoms with Crippen LogP contribution in [-0.4, -0.2) is 20.7 Å². The number of ether oxygens (including phenoxy) is 1. The predicted octanol–water partition coefficient (Wildman–Crippen LogP) is 1.53. The van der Waals surface area contributed by atoms with Crippen molar-refractivity contribution in [3.63, 3.8) is 0 Å². The molecule has 1 aliphatic heterocycles. The Morgan fingerprint density at radius 1 is 1.43 bits per heavy atom. The highest BCUT2D eigenvalue weighted by atomic mass is 16.5. The van der Waals surface area contributed by atoms with Gasteiger partial charge in [-0.05, 0) is 6.07 Å². The molecule has 0 spiro atoms. The number of fused-ring (bicyclic) bond motifs is 1. The summed E-state index contributed by atoms with van der Waals surface area (Å²) in [6, 6.07) is 6.32. The monoisotopic (exact) mass is 192 g/mol. The first-order valence-corrected chi connectivity index (χ1v) is 4.88. The molecule has 0 fully saturated rings. The summed E-state index contributed by atoms with van der Waals surface area (Å²) in [6.07, 6.45) is 0.911. The van der Waals surface area contributed by atoms with Crippen molar-refractivity contribution in [2.24, 2.45) is 5.73 Å². The van der Waals surface area contributed by atoms with E-state index in [2.05, 4.69) is 17.0 Å². The van der Waals surface area contributed by atoms with Gasteiger partial charge in [-0.25, -0.2) is 0 Å². The molecule has 0 saturated heterocycles. The number of nitrogens with zero attached hydrogens (tertiary/aromatic N) is 1. The lowest BCUT2D eigenvalue weighted by Crippen LogP contribution is -2.21. The zero-order chi connectivity index (χ0) is 10.1. The normalized spacial score (nSPS) is 19.8. The summed E-state index contributed by atoms with van der Waals surface area (Å²) in [5, 5.41) is 0. The van der Waals surface area contributed by atoms with E-state index in [0.29, 0.717) is 0 Å². The molecule has 1 aromatic carbocycles. The molecule has 1 atom stereocenters. The second-order valence-electron chi connectivity index (χ2n) is 3.86. The van der Waals surface area contributed by atoms with Gasteiger partial charge in [-0.2, -0.15) is 0 Å². The summed E-state index contributed by atoms with van der Waals surface area (Å²) in [7, 11) is 4.04.